The van der Waals surface area contributed by atoms with E-state index in [1.54, 1.807) is 6.92 Å². The van der Waals surface area contributed by atoms with Gasteiger partial charge in [0.25, 0.3) is 5.91 Å². The Kier molecular flexibility index (Phi) is 9.46. The molecule has 26 heavy (non-hydrogen) atoms. The van der Waals surface area contributed by atoms with Crippen LogP contribution in [0.1, 0.15) is 40.0 Å². The topological polar surface area (TPSA) is 146 Å². The number of ether oxygens (including phenoxy) is 2. The highest BCUT2D eigenvalue weighted by Crippen LogP contribution is 2.24. The number of esters is 1. The first-order chi connectivity index (χ1) is 12.5. The Labute approximate surface area is 152 Å². The fraction of sp³-hybridized carbons (Fsp3) is 0.812. The molecule has 2 amide bonds. The number of unbranched alkanes of at least 4 members (excludes halogenated alkanes) is 1. The summed E-state index contributed by atoms with van der Waals surface area (Å²) in [6.45, 7) is 6.48. The van der Waals surface area contributed by atoms with Gasteiger partial charge in [0.15, 0.2) is 12.2 Å². The van der Waals surface area contributed by atoms with Crippen LogP contribution in [0, 0.1) is 5.92 Å². The lowest BCUT2D eigenvalue weighted by atomic mass is 9.98. The van der Waals surface area contributed by atoms with Gasteiger partial charge in [-0.3, -0.25) is 9.59 Å². The number of carbonyl (C=O) groups excluding carboxylic acids is 3. The SMILES string of the molecule is CCOC(=O)[C@H]1O[C@@H]1C(=O)N[C@H](C(=O)NCCCCN=[N+]=[N-])[C@@H](C)CC. The lowest BCUT2D eigenvalue weighted by Gasteiger charge is -2.23. The molecule has 1 fully saturated rings. The van der Waals surface area contributed by atoms with Gasteiger partial charge in [0.1, 0.15) is 6.04 Å². The van der Waals surface area contributed by atoms with Crippen molar-refractivity contribution in [3.63, 3.8) is 0 Å². The Balaban J connectivity index is 2.48. The van der Waals surface area contributed by atoms with Gasteiger partial charge in [0.05, 0.1) is 6.61 Å². The van der Waals surface area contributed by atoms with Gasteiger partial charge in [-0.1, -0.05) is 25.4 Å². The quantitative estimate of drug-likeness (QED) is 0.132. The number of hydrogen-bond donors (Lipinski definition) is 2. The van der Waals surface area contributed by atoms with Gasteiger partial charge >= 0.3 is 5.97 Å². The van der Waals surface area contributed by atoms with Crippen LogP contribution in [0.3, 0.4) is 0 Å². The Morgan fingerprint density at radius 3 is 2.62 bits per heavy atom. The second kappa shape index (κ2) is 11.3. The molecule has 0 aromatic carbocycles. The van der Waals surface area contributed by atoms with Crippen molar-refractivity contribution in [2.75, 3.05) is 19.7 Å². The van der Waals surface area contributed by atoms with Gasteiger partial charge in [-0.15, -0.1) is 0 Å². The average Bonchev–Trinajstić information content (AvgIpc) is 3.42. The molecule has 0 aromatic rings. The minimum absolute atomic E-state index is 0.0815. The van der Waals surface area contributed by atoms with Gasteiger partial charge in [-0.25, -0.2) is 4.79 Å². The Morgan fingerprint density at radius 2 is 2.00 bits per heavy atom. The second-order valence-corrected chi connectivity index (χ2v) is 6.05. The molecule has 0 bridgehead atoms. The van der Waals surface area contributed by atoms with Crippen LogP contribution in [0.15, 0.2) is 5.11 Å². The lowest BCUT2D eigenvalue weighted by molar-refractivity contribution is -0.144. The van der Waals surface area contributed by atoms with E-state index in [2.05, 4.69) is 20.7 Å². The van der Waals surface area contributed by atoms with E-state index in [1.807, 2.05) is 13.8 Å². The highest BCUT2D eigenvalue weighted by molar-refractivity contribution is 5.95. The van der Waals surface area contributed by atoms with E-state index >= 15 is 0 Å². The number of hydrogen-bond acceptors (Lipinski definition) is 6. The zero-order valence-electron chi connectivity index (χ0n) is 15.4. The van der Waals surface area contributed by atoms with Crippen molar-refractivity contribution in [2.45, 2.75) is 58.3 Å². The smallest absolute Gasteiger partial charge is 0.338 e. The molecule has 1 aliphatic heterocycles. The molecule has 0 unspecified atom stereocenters. The van der Waals surface area contributed by atoms with Crippen molar-refractivity contribution in [2.24, 2.45) is 11.0 Å². The summed E-state index contributed by atoms with van der Waals surface area (Å²) in [5.41, 5.74) is 8.20. The number of azide groups is 1. The maximum Gasteiger partial charge on any atom is 0.338 e. The summed E-state index contributed by atoms with van der Waals surface area (Å²) in [6.07, 6.45) is 0.237. The summed E-state index contributed by atoms with van der Waals surface area (Å²) in [5.74, 6) is -1.43. The molecule has 4 atom stereocenters. The predicted molar refractivity (Wildman–Crippen MR) is 92.9 cm³/mol. The molecule has 0 aliphatic carbocycles. The third-order valence-electron chi connectivity index (χ3n) is 4.11. The molecule has 1 heterocycles. The van der Waals surface area contributed by atoms with Crippen molar-refractivity contribution < 1.29 is 23.9 Å². The lowest BCUT2D eigenvalue weighted by Crippen LogP contribution is -2.51. The number of carbonyl (C=O) groups is 3. The van der Waals surface area contributed by atoms with Crippen molar-refractivity contribution in [1.82, 2.24) is 10.6 Å². The van der Waals surface area contributed by atoms with E-state index in [0.717, 1.165) is 0 Å². The van der Waals surface area contributed by atoms with E-state index in [0.29, 0.717) is 32.4 Å². The minimum Gasteiger partial charge on any atom is -0.464 e. The van der Waals surface area contributed by atoms with Gasteiger partial charge in [0, 0.05) is 18.0 Å². The minimum atomic E-state index is -0.905. The van der Waals surface area contributed by atoms with E-state index < -0.39 is 30.1 Å². The molecule has 0 saturated carbocycles. The molecule has 0 aromatic heterocycles. The maximum absolute atomic E-state index is 12.4. The Hall–Kier alpha value is -2.32. The Bertz CT molecular complexity index is 549. The molecule has 10 heteroatoms. The molecule has 1 saturated heterocycles. The van der Waals surface area contributed by atoms with Crippen LogP contribution in [-0.2, 0) is 23.9 Å². The monoisotopic (exact) mass is 369 g/mol. The van der Waals surface area contributed by atoms with Crippen LogP contribution >= 0.6 is 0 Å². The van der Waals surface area contributed by atoms with Gasteiger partial charge in [-0.2, -0.15) is 0 Å². The normalized spacial score (nSPS) is 20.3. The average molecular weight is 369 g/mol. The van der Waals surface area contributed by atoms with Crippen LogP contribution in [-0.4, -0.2) is 55.7 Å². The summed E-state index contributed by atoms with van der Waals surface area (Å²) >= 11 is 0. The van der Waals surface area contributed by atoms with Gasteiger partial charge < -0.3 is 20.1 Å². The highest BCUT2D eigenvalue weighted by Gasteiger charge is 2.52. The fourth-order valence-corrected chi connectivity index (χ4v) is 2.33. The summed E-state index contributed by atoms with van der Waals surface area (Å²) in [6, 6.07) is -0.711. The van der Waals surface area contributed by atoms with Crippen molar-refractivity contribution in [1.29, 1.82) is 0 Å². The number of amides is 2. The van der Waals surface area contributed by atoms with Crippen LogP contribution in [0.2, 0.25) is 0 Å². The molecule has 2 N–H and O–H groups in total. The first kappa shape index (κ1) is 21.7. The van der Waals surface area contributed by atoms with Crippen molar-refractivity contribution in [3.8, 4) is 0 Å². The summed E-state index contributed by atoms with van der Waals surface area (Å²) in [5, 5.41) is 8.86. The first-order valence-corrected chi connectivity index (χ1v) is 8.87. The predicted octanol–water partition coefficient (Wildman–Crippen LogP) is 1.05. The summed E-state index contributed by atoms with van der Waals surface area (Å²) < 4.78 is 9.87. The van der Waals surface area contributed by atoms with Crippen LogP contribution in [0.4, 0.5) is 0 Å². The number of nitrogens with one attached hydrogen (secondary N) is 2. The van der Waals surface area contributed by atoms with Crippen LogP contribution in [0.25, 0.3) is 10.4 Å². The number of rotatable bonds is 12. The molecule has 1 aliphatic rings. The van der Waals surface area contributed by atoms with Crippen LogP contribution in [0.5, 0.6) is 0 Å². The summed E-state index contributed by atoms with van der Waals surface area (Å²) in [7, 11) is 0. The second-order valence-electron chi connectivity index (χ2n) is 6.05. The number of nitrogens with zero attached hydrogens (tertiary/aromatic N) is 3. The van der Waals surface area contributed by atoms with Gasteiger partial charge in [0.2, 0.25) is 5.91 Å². The number of epoxide rings is 1. The molecule has 1 rings (SSSR count). The zero-order valence-corrected chi connectivity index (χ0v) is 15.4. The fourth-order valence-electron chi connectivity index (χ4n) is 2.33. The first-order valence-electron chi connectivity index (χ1n) is 8.87. The molecular weight excluding hydrogens is 342 g/mol. The molecule has 10 nitrogen and oxygen atoms in total. The van der Waals surface area contributed by atoms with E-state index in [9.17, 15) is 14.4 Å². The molecule has 146 valence electrons. The van der Waals surface area contributed by atoms with Crippen molar-refractivity contribution in [3.05, 3.63) is 10.4 Å². The Morgan fingerprint density at radius 1 is 1.27 bits per heavy atom. The van der Waals surface area contributed by atoms with Crippen molar-refractivity contribution >= 4 is 17.8 Å². The van der Waals surface area contributed by atoms with E-state index in [1.165, 1.54) is 0 Å². The van der Waals surface area contributed by atoms with E-state index in [4.69, 9.17) is 15.0 Å². The summed E-state index contributed by atoms with van der Waals surface area (Å²) in [4.78, 5) is 38.8. The maximum atomic E-state index is 12.4. The highest BCUT2D eigenvalue weighted by atomic mass is 16.6. The standard InChI is InChI=1S/C16H27N5O5/c1-4-10(3)11(14(22)18-8-6-7-9-19-21-17)20-15(23)12-13(26-12)16(24)25-5-2/h10-13H,4-9H2,1-3H3,(H,18,22)(H,20,23)/t10-,11-,12-,13-/m0/s1. The largest absolute Gasteiger partial charge is 0.464 e. The molecule has 0 radical (unpaired) electrons. The van der Waals surface area contributed by atoms with Gasteiger partial charge in [-0.05, 0) is 31.2 Å². The van der Waals surface area contributed by atoms with E-state index in [-0.39, 0.29) is 18.4 Å². The third-order valence-corrected chi connectivity index (χ3v) is 4.11. The molecule has 0 spiro atoms. The zero-order chi connectivity index (χ0) is 19.5. The molecular formula is C16H27N5O5. The third kappa shape index (κ3) is 6.89. The van der Waals surface area contributed by atoms with Crippen LogP contribution < -0.4 is 10.6 Å².